The minimum Gasteiger partial charge on any atom is -0.488 e. The lowest BCUT2D eigenvalue weighted by Crippen LogP contribution is -2.34. The van der Waals surface area contributed by atoms with Crippen molar-refractivity contribution in [1.82, 2.24) is 5.32 Å². The Morgan fingerprint density at radius 3 is 3.11 bits per heavy atom. The largest absolute Gasteiger partial charge is 0.488 e. The van der Waals surface area contributed by atoms with Crippen molar-refractivity contribution < 1.29 is 9.47 Å². The van der Waals surface area contributed by atoms with Crippen molar-refractivity contribution in [3.63, 3.8) is 0 Å². The number of hydrogen-bond donors (Lipinski definition) is 1. The number of rotatable bonds is 6. The molecule has 1 aromatic carbocycles. The van der Waals surface area contributed by atoms with Gasteiger partial charge >= 0.3 is 0 Å². The zero-order valence-corrected chi connectivity index (χ0v) is 12.4. The summed E-state index contributed by atoms with van der Waals surface area (Å²) in [5.41, 5.74) is 1.15. The van der Waals surface area contributed by atoms with Crippen molar-refractivity contribution >= 4 is 11.6 Å². The monoisotopic (exact) mass is 283 g/mol. The lowest BCUT2D eigenvalue weighted by molar-refractivity contribution is 0.106. The summed E-state index contributed by atoms with van der Waals surface area (Å²) < 4.78 is 11.4. The van der Waals surface area contributed by atoms with Gasteiger partial charge in [0.2, 0.25) is 0 Å². The molecule has 1 N–H and O–H groups in total. The lowest BCUT2D eigenvalue weighted by Gasteiger charge is -2.18. The van der Waals surface area contributed by atoms with Crippen molar-refractivity contribution in [2.75, 3.05) is 19.7 Å². The molecule has 1 aliphatic rings. The molecule has 2 rings (SSSR count). The molecule has 3 nitrogen and oxygen atoms in total. The molecule has 1 heterocycles. The molecule has 0 aromatic heterocycles. The third-order valence-electron chi connectivity index (χ3n) is 3.24. The second-order valence-electron chi connectivity index (χ2n) is 5.16. The van der Waals surface area contributed by atoms with Crippen LogP contribution in [0.3, 0.4) is 0 Å². The number of nitrogens with one attached hydrogen (secondary N) is 1. The van der Waals surface area contributed by atoms with Gasteiger partial charge in [-0.15, -0.1) is 0 Å². The Morgan fingerprint density at radius 2 is 2.37 bits per heavy atom. The number of ether oxygens (including phenoxy) is 2. The fourth-order valence-electron chi connectivity index (χ4n) is 2.21. The summed E-state index contributed by atoms with van der Waals surface area (Å²) in [7, 11) is 0. The van der Waals surface area contributed by atoms with Crippen LogP contribution in [-0.4, -0.2) is 31.9 Å². The quantitative estimate of drug-likeness (QED) is 0.870. The van der Waals surface area contributed by atoms with Crippen LogP contribution in [0, 0.1) is 6.92 Å². The highest BCUT2D eigenvalue weighted by Gasteiger charge is 2.15. The van der Waals surface area contributed by atoms with Crippen molar-refractivity contribution in [2.45, 2.75) is 38.9 Å². The molecule has 0 radical (unpaired) electrons. The van der Waals surface area contributed by atoms with E-state index in [0.717, 1.165) is 37.4 Å². The fourth-order valence-corrected chi connectivity index (χ4v) is 2.37. The zero-order valence-electron chi connectivity index (χ0n) is 11.6. The van der Waals surface area contributed by atoms with E-state index in [9.17, 15) is 0 Å². The van der Waals surface area contributed by atoms with Gasteiger partial charge in [-0.25, -0.2) is 0 Å². The Kier molecular flexibility index (Phi) is 5.49. The fraction of sp³-hybridized carbons (Fsp3) is 0.600. The van der Waals surface area contributed by atoms with Gasteiger partial charge < -0.3 is 14.8 Å². The maximum absolute atomic E-state index is 6.11. The second-order valence-corrected chi connectivity index (χ2v) is 5.56. The summed E-state index contributed by atoms with van der Waals surface area (Å²) in [5.74, 6) is 0.757. The molecule has 1 fully saturated rings. The van der Waals surface area contributed by atoms with Crippen LogP contribution < -0.4 is 10.1 Å². The molecule has 0 bridgehead atoms. The summed E-state index contributed by atoms with van der Waals surface area (Å²) in [4.78, 5) is 0. The first-order chi connectivity index (χ1) is 9.15. The van der Waals surface area contributed by atoms with E-state index in [-0.39, 0.29) is 6.10 Å². The summed E-state index contributed by atoms with van der Waals surface area (Å²) in [6.45, 7) is 6.67. The van der Waals surface area contributed by atoms with Gasteiger partial charge in [0.15, 0.2) is 0 Å². The first-order valence-electron chi connectivity index (χ1n) is 6.90. The molecule has 19 heavy (non-hydrogen) atoms. The van der Waals surface area contributed by atoms with Gasteiger partial charge in [0.1, 0.15) is 11.9 Å². The summed E-state index contributed by atoms with van der Waals surface area (Å²) >= 11 is 6.11. The van der Waals surface area contributed by atoms with Crippen LogP contribution in [0.15, 0.2) is 18.2 Å². The van der Waals surface area contributed by atoms with E-state index in [4.69, 9.17) is 21.1 Å². The maximum atomic E-state index is 6.11. The van der Waals surface area contributed by atoms with E-state index in [0.29, 0.717) is 11.1 Å². The zero-order chi connectivity index (χ0) is 13.7. The molecule has 0 spiro atoms. The van der Waals surface area contributed by atoms with Gasteiger partial charge in [0.25, 0.3) is 0 Å². The van der Waals surface area contributed by atoms with E-state index >= 15 is 0 Å². The van der Waals surface area contributed by atoms with Crippen molar-refractivity contribution in [1.29, 1.82) is 0 Å². The molecular formula is C15H22ClNO2. The highest BCUT2D eigenvalue weighted by atomic mass is 35.5. The van der Waals surface area contributed by atoms with Gasteiger partial charge in [-0.3, -0.25) is 0 Å². The molecule has 1 aliphatic heterocycles. The van der Waals surface area contributed by atoms with Crippen LogP contribution >= 0.6 is 11.6 Å². The Bertz CT molecular complexity index is 405. The van der Waals surface area contributed by atoms with Crippen LogP contribution in [0.2, 0.25) is 5.02 Å². The topological polar surface area (TPSA) is 30.5 Å². The predicted octanol–water partition coefficient (Wildman–Crippen LogP) is 3.18. The average Bonchev–Trinajstić information content (AvgIpc) is 2.87. The van der Waals surface area contributed by atoms with Crippen LogP contribution in [0.25, 0.3) is 0 Å². The van der Waals surface area contributed by atoms with Crippen LogP contribution in [-0.2, 0) is 4.74 Å². The molecule has 0 amide bonds. The number of benzene rings is 1. The van der Waals surface area contributed by atoms with Gasteiger partial charge in [-0.05, 0) is 44.4 Å². The molecule has 2 atom stereocenters. The Labute approximate surface area is 120 Å². The molecule has 4 heteroatoms. The van der Waals surface area contributed by atoms with Gasteiger partial charge in [0.05, 0.1) is 11.1 Å². The van der Waals surface area contributed by atoms with Crippen molar-refractivity contribution in [2.24, 2.45) is 0 Å². The highest BCUT2D eigenvalue weighted by Crippen LogP contribution is 2.26. The number of aryl methyl sites for hydroxylation is 1. The smallest absolute Gasteiger partial charge is 0.138 e. The van der Waals surface area contributed by atoms with E-state index in [2.05, 4.69) is 5.32 Å². The molecular weight excluding hydrogens is 262 g/mol. The minimum atomic E-state index is 0.0840. The Hall–Kier alpha value is -0.770. The minimum absolute atomic E-state index is 0.0840. The first-order valence-corrected chi connectivity index (χ1v) is 7.28. The van der Waals surface area contributed by atoms with Gasteiger partial charge in [-0.1, -0.05) is 17.7 Å². The molecule has 0 saturated carbocycles. The molecule has 1 saturated heterocycles. The molecule has 0 aliphatic carbocycles. The molecule has 106 valence electrons. The van der Waals surface area contributed by atoms with Crippen molar-refractivity contribution in [3.05, 3.63) is 28.8 Å². The maximum Gasteiger partial charge on any atom is 0.138 e. The Balaban J connectivity index is 1.73. The Morgan fingerprint density at radius 1 is 1.53 bits per heavy atom. The van der Waals surface area contributed by atoms with Crippen molar-refractivity contribution in [3.8, 4) is 5.75 Å². The first kappa shape index (κ1) is 14.6. The van der Waals surface area contributed by atoms with E-state index in [1.54, 1.807) is 0 Å². The van der Waals surface area contributed by atoms with Crippen LogP contribution in [0.5, 0.6) is 5.75 Å². The average molecular weight is 284 g/mol. The predicted molar refractivity (Wildman–Crippen MR) is 78.1 cm³/mol. The summed E-state index contributed by atoms with van der Waals surface area (Å²) in [6.07, 6.45) is 2.79. The van der Waals surface area contributed by atoms with Crippen LogP contribution in [0.4, 0.5) is 0 Å². The van der Waals surface area contributed by atoms with E-state index in [1.807, 2.05) is 32.0 Å². The molecule has 2 unspecified atom stereocenters. The lowest BCUT2D eigenvalue weighted by atomic mass is 10.2. The van der Waals surface area contributed by atoms with E-state index < -0.39 is 0 Å². The summed E-state index contributed by atoms with van der Waals surface area (Å²) in [6, 6.07) is 5.83. The van der Waals surface area contributed by atoms with Gasteiger partial charge in [0, 0.05) is 19.7 Å². The SMILES string of the molecule is Cc1ccc(Cl)c(OC(C)CNCC2CCCO2)c1. The van der Waals surface area contributed by atoms with E-state index in [1.165, 1.54) is 6.42 Å². The number of hydrogen-bond acceptors (Lipinski definition) is 3. The third kappa shape index (κ3) is 4.68. The highest BCUT2D eigenvalue weighted by molar-refractivity contribution is 6.32. The third-order valence-corrected chi connectivity index (χ3v) is 3.55. The second kappa shape index (κ2) is 7.13. The van der Waals surface area contributed by atoms with Crippen LogP contribution in [0.1, 0.15) is 25.3 Å². The molecule has 1 aromatic rings. The standard InChI is InChI=1S/C15H22ClNO2/c1-11-5-6-14(16)15(8-11)19-12(2)9-17-10-13-4-3-7-18-13/h5-6,8,12-13,17H,3-4,7,9-10H2,1-2H3. The number of halogens is 1. The normalized spacial score (nSPS) is 20.5. The summed E-state index contributed by atoms with van der Waals surface area (Å²) in [5, 5.41) is 4.05. The van der Waals surface area contributed by atoms with Gasteiger partial charge in [-0.2, -0.15) is 0 Å².